The van der Waals surface area contributed by atoms with Crippen molar-refractivity contribution in [3.8, 4) is 0 Å². The molecule has 1 N–H and O–H groups in total. The quantitative estimate of drug-likeness (QED) is 0.832. The van der Waals surface area contributed by atoms with Crippen molar-refractivity contribution in [1.29, 1.82) is 0 Å². The molecular formula is C14H24N4O. The van der Waals surface area contributed by atoms with Gasteiger partial charge in [0.1, 0.15) is 0 Å². The number of aromatic nitrogens is 1. The van der Waals surface area contributed by atoms with Gasteiger partial charge in [-0.15, -0.1) is 0 Å². The highest BCUT2D eigenvalue weighted by molar-refractivity contribution is 5.05. The number of piperazine rings is 1. The Hall–Kier alpha value is -0.910. The standard InChI is InChI=1S/C14H24N4O/c1-2-15-10-12-9-14(19-16-12)11-17-5-7-18(8-6-17)13-3-4-13/h9,13,15H,2-8,10-11H2,1H3. The Kier molecular flexibility index (Phi) is 4.15. The van der Waals surface area contributed by atoms with Gasteiger partial charge in [0.05, 0.1) is 12.2 Å². The lowest BCUT2D eigenvalue weighted by atomic mass is 10.2. The first-order valence-corrected chi connectivity index (χ1v) is 7.46. The molecule has 0 spiro atoms. The van der Waals surface area contributed by atoms with Gasteiger partial charge in [-0.3, -0.25) is 9.80 Å². The van der Waals surface area contributed by atoms with Gasteiger partial charge >= 0.3 is 0 Å². The second-order valence-corrected chi connectivity index (χ2v) is 5.61. The molecule has 1 aliphatic carbocycles. The first-order chi connectivity index (χ1) is 9.35. The van der Waals surface area contributed by atoms with Crippen LogP contribution >= 0.6 is 0 Å². The van der Waals surface area contributed by atoms with Crippen LogP contribution in [-0.2, 0) is 13.1 Å². The Morgan fingerprint density at radius 2 is 2.11 bits per heavy atom. The van der Waals surface area contributed by atoms with E-state index < -0.39 is 0 Å². The third-order valence-corrected chi connectivity index (χ3v) is 4.01. The van der Waals surface area contributed by atoms with E-state index in [2.05, 4.69) is 33.3 Å². The van der Waals surface area contributed by atoms with E-state index in [9.17, 15) is 0 Å². The van der Waals surface area contributed by atoms with E-state index in [1.54, 1.807) is 0 Å². The summed E-state index contributed by atoms with van der Waals surface area (Å²) in [5.41, 5.74) is 1.01. The molecule has 106 valence electrons. The summed E-state index contributed by atoms with van der Waals surface area (Å²) in [5.74, 6) is 0.993. The van der Waals surface area contributed by atoms with Gasteiger partial charge in [-0.2, -0.15) is 0 Å². The molecular weight excluding hydrogens is 240 g/mol. The van der Waals surface area contributed by atoms with E-state index in [0.717, 1.165) is 50.2 Å². The molecule has 1 aromatic heterocycles. The molecule has 19 heavy (non-hydrogen) atoms. The molecule has 1 aliphatic heterocycles. The van der Waals surface area contributed by atoms with Gasteiger partial charge in [0.2, 0.25) is 0 Å². The molecule has 0 atom stereocenters. The van der Waals surface area contributed by atoms with Crippen LogP contribution in [0.25, 0.3) is 0 Å². The van der Waals surface area contributed by atoms with Crippen LogP contribution in [0.2, 0.25) is 0 Å². The van der Waals surface area contributed by atoms with Gasteiger partial charge < -0.3 is 9.84 Å². The van der Waals surface area contributed by atoms with Crippen molar-refractivity contribution in [3.05, 3.63) is 17.5 Å². The number of nitrogens with zero attached hydrogens (tertiary/aromatic N) is 3. The van der Waals surface area contributed by atoms with Crippen molar-refractivity contribution in [1.82, 2.24) is 20.3 Å². The lowest BCUT2D eigenvalue weighted by Crippen LogP contribution is -2.46. The zero-order chi connectivity index (χ0) is 13.1. The summed E-state index contributed by atoms with van der Waals surface area (Å²) in [6, 6.07) is 2.98. The van der Waals surface area contributed by atoms with Gasteiger partial charge in [-0.05, 0) is 19.4 Å². The van der Waals surface area contributed by atoms with Crippen molar-refractivity contribution in [2.75, 3.05) is 32.7 Å². The minimum Gasteiger partial charge on any atom is -0.360 e. The number of hydrogen-bond donors (Lipinski definition) is 1. The van der Waals surface area contributed by atoms with Crippen molar-refractivity contribution in [2.24, 2.45) is 0 Å². The fourth-order valence-corrected chi connectivity index (χ4v) is 2.71. The monoisotopic (exact) mass is 264 g/mol. The average molecular weight is 264 g/mol. The predicted octanol–water partition coefficient (Wildman–Crippen LogP) is 1.06. The van der Waals surface area contributed by atoms with E-state index >= 15 is 0 Å². The Balaban J connectivity index is 1.44. The zero-order valence-electron chi connectivity index (χ0n) is 11.8. The van der Waals surface area contributed by atoms with Crippen LogP contribution in [-0.4, -0.2) is 53.7 Å². The van der Waals surface area contributed by atoms with E-state index in [1.807, 2.05) is 0 Å². The van der Waals surface area contributed by atoms with Crippen LogP contribution in [0.4, 0.5) is 0 Å². The molecule has 0 unspecified atom stereocenters. The van der Waals surface area contributed by atoms with Gasteiger partial charge in [0.25, 0.3) is 0 Å². The Morgan fingerprint density at radius 1 is 1.32 bits per heavy atom. The highest BCUT2D eigenvalue weighted by atomic mass is 16.5. The Bertz CT molecular complexity index is 394. The normalized spacial score (nSPS) is 21.9. The average Bonchev–Trinajstić information content (AvgIpc) is 3.19. The van der Waals surface area contributed by atoms with Crippen LogP contribution < -0.4 is 5.32 Å². The van der Waals surface area contributed by atoms with Gasteiger partial charge in [-0.25, -0.2) is 0 Å². The number of hydrogen-bond acceptors (Lipinski definition) is 5. The molecule has 3 rings (SSSR count). The molecule has 0 aromatic carbocycles. The Labute approximate surface area is 114 Å². The van der Waals surface area contributed by atoms with Crippen molar-refractivity contribution in [3.63, 3.8) is 0 Å². The van der Waals surface area contributed by atoms with Crippen molar-refractivity contribution >= 4 is 0 Å². The maximum Gasteiger partial charge on any atom is 0.151 e. The summed E-state index contributed by atoms with van der Waals surface area (Å²) in [5, 5.41) is 7.36. The second-order valence-electron chi connectivity index (χ2n) is 5.61. The Morgan fingerprint density at radius 3 is 2.79 bits per heavy atom. The minimum atomic E-state index is 0.801. The van der Waals surface area contributed by atoms with Crippen molar-refractivity contribution in [2.45, 2.75) is 38.9 Å². The van der Waals surface area contributed by atoms with Crippen LogP contribution in [0.5, 0.6) is 0 Å². The topological polar surface area (TPSA) is 44.5 Å². The maximum absolute atomic E-state index is 5.41. The molecule has 0 radical (unpaired) electrons. The molecule has 1 saturated heterocycles. The summed E-state index contributed by atoms with van der Waals surface area (Å²) < 4.78 is 5.41. The summed E-state index contributed by atoms with van der Waals surface area (Å²) in [6.07, 6.45) is 2.83. The van der Waals surface area contributed by atoms with Gasteiger partial charge in [-0.1, -0.05) is 12.1 Å². The van der Waals surface area contributed by atoms with E-state index in [0.29, 0.717) is 0 Å². The van der Waals surface area contributed by atoms with E-state index in [-0.39, 0.29) is 0 Å². The van der Waals surface area contributed by atoms with Gasteiger partial charge in [0, 0.05) is 44.8 Å². The molecule has 5 heteroatoms. The summed E-state index contributed by atoms with van der Waals surface area (Å²) in [6.45, 7) is 9.49. The molecule has 5 nitrogen and oxygen atoms in total. The molecule has 2 heterocycles. The summed E-state index contributed by atoms with van der Waals surface area (Å²) in [4.78, 5) is 5.10. The highest BCUT2D eigenvalue weighted by Crippen LogP contribution is 2.27. The molecule has 0 amide bonds. The maximum atomic E-state index is 5.41. The molecule has 2 fully saturated rings. The van der Waals surface area contributed by atoms with Crippen LogP contribution in [0, 0.1) is 0 Å². The van der Waals surface area contributed by atoms with Crippen LogP contribution in [0.1, 0.15) is 31.2 Å². The molecule has 1 aromatic rings. The molecule has 1 saturated carbocycles. The first kappa shape index (κ1) is 13.1. The lowest BCUT2D eigenvalue weighted by Gasteiger charge is -2.34. The van der Waals surface area contributed by atoms with E-state index in [1.165, 1.54) is 25.9 Å². The smallest absolute Gasteiger partial charge is 0.151 e. The lowest BCUT2D eigenvalue weighted by molar-refractivity contribution is 0.113. The SMILES string of the molecule is CCNCc1cc(CN2CCN(C3CC3)CC2)on1. The minimum absolute atomic E-state index is 0.801. The van der Waals surface area contributed by atoms with Crippen molar-refractivity contribution < 1.29 is 4.52 Å². The third kappa shape index (κ3) is 3.55. The number of nitrogens with one attached hydrogen (secondary N) is 1. The highest BCUT2D eigenvalue weighted by Gasteiger charge is 2.31. The van der Waals surface area contributed by atoms with Crippen LogP contribution in [0.15, 0.2) is 10.6 Å². The van der Waals surface area contributed by atoms with E-state index in [4.69, 9.17) is 4.52 Å². The molecule has 2 aliphatic rings. The predicted molar refractivity (Wildman–Crippen MR) is 73.8 cm³/mol. The van der Waals surface area contributed by atoms with Crippen LogP contribution in [0.3, 0.4) is 0 Å². The number of rotatable bonds is 6. The largest absolute Gasteiger partial charge is 0.360 e. The second kappa shape index (κ2) is 6.03. The third-order valence-electron chi connectivity index (χ3n) is 4.01. The fourth-order valence-electron chi connectivity index (χ4n) is 2.71. The zero-order valence-corrected chi connectivity index (χ0v) is 11.8. The summed E-state index contributed by atoms with van der Waals surface area (Å²) in [7, 11) is 0. The van der Waals surface area contributed by atoms with Gasteiger partial charge in [0.15, 0.2) is 5.76 Å². The summed E-state index contributed by atoms with van der Waals surface area (Å²) >= 11 is 0. The fraction of sp³-hybridized carbons (Fsp3) is 0.786. The molecule has 0 bridgehead atoms. The first-order valence-electron chi connectivity index (χ1n) is 7.46.